The Kier molecular flexibility index (Phi) is 6.26. The molecule has 1 aromatic carbocycles. The van der Waals surface area contributed by atoms with Crippen LogP contribution in [0.5, 0.6) is 0 Å². The summed E-state index contributed by atoms with van der Waals surface area (Å²) >= 11 is 0. The Morgan fingerprint density at radius 2 is 1.78 bits per heavy atom. The molecule has 27 heavy (non-hydrogen) atoms. The molecule has 0 saturated heterocycles. The van der Waals surface area contributed by atoms with E-state index >= 15 is 0 Å². The summed E-state index contributed by atoms with van der Waals surface area (Å²) in [5.74, 6) is 0.366. The largest absolute Gasteiger partial charge is 0.309 e. The Morgan fingerprint density at radius 1 is 1.15 bits per heavy atom. The van der Waals surface area contributed by atoms with Crippen molar-refractivity contribution in [2.45, 2.75) is 76.7 Å². The van der Waals surface area contributed by atoms with Crippen molar-refractivity contribution in [3.8, 4) is 0 Å². The first-order valence-corrected chi connectivity index (χ1v) is 11.8. The highest BCUT2D eigenvalue weighted by Crippen LogP contribution is 2.39. The number of hydrogen-bond donors (Lipinski definition) is 0. The van der Waals surface area contributed by atoms with Crippen LogP contribution in [-0.4, -0.2) is 37.8 Å². The number of sulfonamides is 1. The summed E-state index contributed by atoms with van der Waals surface area (Å²) in [6.45, 7) is 7.33. The normalized spacial score (nSPS) is 19.6. The van der Waals surface area contributed by atoms with Crippen LogP contribution in [0.15, 0.2) is 23.1 Å². The van der Waals surface area contributed by atoms with Crippen molar-refractivity contribution < 1.29 is 13.2 Å². The monoisotopic (exact) mass is 392 g/mol. The van der Waals surface area contributed by atoms with E-state index in [4.69, 9.17) is 0 Å². The molecule has 1 aliphatic heterocycles. The molecule has 6 heteroatoms. The van der Waals surface area contributed by atoms with E-state index in [1.54, 1.807) is 16.4 Å². The fourth-order valence-corrected chi connectivity index (χ4v) is 5.37. The van der Waals surface area contributed by atoms with Crippen LogP contribution >= 0.6 is 0 Å². The van der Waals surface area contributed by atoms with Gasteiger partial charge in [0.1, 0.15) is 0 Å². The van der Waals surface area contributed by atoms with Crippen LogP contribution in [0.3, 0.4) is 0 Å². The summed E-state index contributed by atoms with van der Waals surface area (Å²) in [4.78, 5) is 14.9. The van der Waals surface area contributed by atoms with Gasteiger partial charge in [0.15, 0.2) is 0 Å². The number of amides is 1. The van der Waals surface area contributed by atoms with Crippen molar-refractivity contribution in [3.63, 3.8) is 0 Å². The summed E-state index contributed by atoms with van der Waals surface area (Å²) in [6.07, 6.45) is 6.36. The van der Waals surface area contributed by atoms with Crippen LogP contribution in [0.25, 0.3) is 0 Å². The van der Waals surface area contributed by atoms with Gasteiger partial charge in [-0.15, -0.1) is 0 Å². The highest BCUT2D eigenvalue weighted by molar-refractivity contribution is 7.89. The van der Waals surface area contributed by atoms with E-state index in [1.807, 2.05) is 17.9 Å². The molecule has 2 aliphatic rings. The Labute approximate surface area is 163 Å². The van der Waals surface area contributed by atoms with Crippen LogP contribution in [0.4, 0.5) is 5.69 Å². The van der Waals surface area contributed by atoms with E-state index < -0.39 is 10.0 Å². The van der Waals surface area contributed by atoms with E-state index in [0.29, 0.717) is 18.0 Å². The molecule has 1 aliphatic carbocycles. The molecule has 1 fully saturated rings. The lowest BCUT2D eigenvalue weighted by Crippen LogP contribution is -2.36. The summed E-state index contributed by atoms with van der Waals surface area (Å²) in [6, 6.07) is 5.42. The Morgan fingerprint density at radius 3 is 2.33 bits per heavy atom. The van der Waals surface area contributed by atoms with Crippen LogP contribution in [0.1, 0.15) is 64.9 Å². The van der Waals surface area contributed by atoms with Gasteiger partial charge in [-0.25, -0.2) is 8.42 Å². The van der Waals surface area contributed by atoms with Crippen molar-refractivity contribution in [3.05, 3.63) is 23.8 Å². The molecule has 0 N–H and O–H groups in total. The zero-order chi connectivity index (χ0) is 19.6. The summed E-state index contributed by atoms with van der Waals surface area (Å²) < 4.78 is 28.0. The molecule has 1 atom stereocenters. The first-order valence-electron chi connectivity index (χ1n) is 10.4. The van der Waals surface area contributed by atoms with Gasteiger partial charge >= 0.3 is 0 Å². The number of nitrogens with zero attached hydrogens (tertiary/aromatic N) is 2. The average molecular weight is 393 g/mol. The number of unbranched alkanes of at least 4 members (excludes halogenated alkanes) is 2. The average Bonchev–Trinajstić information content (AvgIpc) is 3.43. The fraction of sp³-hybridized carbons (Fsp3) is 0.667. The maximum atomic E-state index is 13.2. The minimum atomic E-state index is -3.50. The lowest BCUT2D eigenvalue weighted by Gasteiger charge is -2.24. The number of carbonyl (C=O) groups is 1. The third-order valence-electron chi connectivity index (χ3n) is 5.59. The van der Waals surface area contributed by atoms with Gasteiger partial charge in [-0.3, -0.25) is 4.79 Å². The maximum Gasteiger partial charge on any atom is 0.243 e. The molecule has 0 bridgehead atoms. The number of benzene rings is 1. The Balaban J connectivity index is 1.86. The molecule has 1 saturated carbocycles. The molecule has 0 spiro atoms. The van der Waals surface area contributed by atoms with Crippen LogP contribution in [-0.2, 0) is 21.2 Å². The standard InChI is InChI=1S/C21H32N2O3S/c1-4-6-12-22(13-7-5-2)27(25,26)19-10-11-20-18(15-19)14-16(3)23(20)21(24)17-8-9-17/h10-11,15-17H,4-9,12-14H2,1-3H3. The maximum absolute atomic E-state index is 13.2. The number of hydrogen-bond acceptors (Lipinski definition) is 3. The predicted molar refractivity (Wildman–Crippen MR) is 108 cm³/mol. The van der Waals surface area contributed by atoms with Crippen molar-refractivity contribution in [1.82, 2.24) is 4.31 Å². The molecule has 1 heterocycles. The summed E-state index contributed by atoms with van der Waals surface area (Å²) in [7, 11) is -3.50. The van der Waals surface area contributed by atoms with Crippen LogP contribution < -0.4 is 4.90 Å². The molecule has 150 valence electrons. The van der Waals surface area contributed by atoms with Crippen molar-refractivity contribution >= 4 is 21.6 Å². The smallest absolute Gasteiger partial charge is 0.243 e. The molecular weight excluding hydrogens is 360 g/mol. The minimum absolute atomic E-state index is 0.0994. The summed E-state index contributed by atoms with van der Waals surface area (Å²) in [5.41, 5.74) is 1.87. The zero-order valence-corrected chi connectivity index (χ0v) is 17.6. The predicted octanol–water partition coefficient (Wildman–Crippen LogP) is 3.97. The molecule has 0 radical (unpaired) electrons. The quantitative estimate of drug-likeness (QED) is 0.639. The lowest BCUT2D eigenvalue weighted by atomic mass is 10.1. The first-order chi connectivity index (χ1) is 12.9. The van der Waals surface area contributed by atoms with Crippen molar-refractivity contribution in [1.29, 1.82) is 0 Å². The molecule has 1 unspecified atom stereocenters. The first kappa shape index (κ1) is 20.3. The van der Waals surface area contributed by atoms with Gasteiger partial charge in [0.2, 0.25) is 15.9 Å². The van der Waals surface area contributed by atoms with Gasteiger partial charge < -0.3 is 4.90 Å². The topological polar surface area (TPSA) is 57.7 Å². The number of rotatable bonds is 9. The van der Waals surface area contributed by atoms with Gasteiger partial charge in [0.05, 0.1) is 4.90 Å². The van der Waals surface area contributed by atoms with Crippen LogP contribution in [0.2, 0.25) is 0 Å². The molecule has 5 nitrogen and oxygen atoms in total. The minimum Gasteiger partial charge on any atom is -0.309 e. The van der Waals surface area contributed by atoms with Gasteiger partial charge in [-0.1, -0.05) is 26.7 Å². The Bertz CT molecular complexity index is 779. The number of anilines is 1. The lowest BCUT2D eigenvalue weighted by molar-refractivity contribution is -0.120. The third kappa shape index (κ3) is 4.21. The zero-order valence-electron chi connectivity index (χ0n) is 16.8. The van der Waals surface area contributed by atoms with E-state index in [2.05, 4.69) is 13.8 Å². The molecular formula is C21H32N2O3S. The molecule has 3 rings (SSSR count). The fourth-order valence-electron chi connectivity index (χ4n) is 3.80. The van der Waals surface area contributed by atoms with Gasteiger partial charge in [-0.2, -0.15) is 4.31 Å². The highest BCUT2D eigenvalue weighted by atomic mass is 32.2. The third-order valence-corrected chi connectivity index (χ3v) is 7.49. The summed E-state index contributed by atoms with van der Waals surface area (Å²) in [5, 5.41) is 0. The second-order valence-corrected chi connectivity index (χ2v) is 9.88. The molecule has 1 aromatic rings. The number of fused-ring (bicyclic) bond motifs is 1. The van der Waals surface area contributed by atoms with E-state index in [1.165, 1.54) is 0 Å². The van der Waals surface area contributed by atoms with Crippen LogP contribution in [0, 0.1) is 5.92 Å². The molecule has 1 amide bonds. The van der Waals surface area contributed by atoms with Crippen molar-refractivity contribution in [2.24, 2.45) is 5.92 Å². The van der Waals surface area contributed by atoms with E-state index in [-0.39, 0.29) is 17.9 Å². The Hall–Kier alpha value is -1.40. The van der Waals surface area contributed by atoms with E-state index in [9.17, 15) is 13.2 Å². The molecule has 0 aromatic heterocycles. The van der Waals surface area contributed by atoms with Gasteiger partial charge in [0, 0.05) is 30.7 Å². The highest BCUT2D eigenvalue weighted by Gasteiger charge is 2.40. The SMILES string of the molecule is CCCCN(CCCC)S(=O)(=O)c1ccc2c(c1)CC(C)N2C(=O)C1CC1. The number of carbonyl (C=O) groups excluding carboxylic acids is 1. The van der Waals surface area contributed by atoms with Gasteiger partial charge in [-0.05, 0) is 62.8 Å². The van der Waals surface area contributed by atoms with Crippen molar-refractivity contribution in [2.75, 3.05) is 18.0 Å². The second-order valence-electron chi connectivity index (χ2n) is 7.94. The second kappa shape index (κ2) is 8.31. The van der Waals surface area contributed by atoms with Gasteiger partial charge in [0.25, 0.3) is 0 Å². The van der Waals surface area contributed by atoms with E-state index in [0.717, 1.165) is 56.2 Å².